The molecule has 28 heavy (non-hydrogen) atoms. The Kier molecular flexibility index (Phi) is 4.87. The van der Waals surface area contributed by atoms with Crippen LogP contribution in [-0.4, -0.2) is 43.6 Å². The minimum Gasteiger partial charge on any atom is -0.338 e. The van der Waals surface area contributed by atoms with E-state index >= 15 is 0 Å². The van der Waals surface area contributed by atoms with Crippen LogP contribution in [0.3, 0.4) is 0 Å². The van der Waals surface area contributed by atoms with E-state index in [9.17, 15) is 14.4 Å². The summed E-state index contributed by atoms with van der Waals surface area (Å²) in [6, 6.07) is 10.6. The molecule has 2 N–H and O–H groups in total. The van der Waals surface area contributed by atoms with Crippen LogP contribution in [0.4, 0.5) is 0 Å². The Morgan fingerprint density at radius 3 is 2.79 bits per heavy atom. The summed E-state index contributed by atoms with van der Waals surface area (Å²) in [5.41, 5.74) is -0.0740. The highest BCUT2D eigenvalue weighted by Crippen LogP contribution is 2.27. The molecule has 1 aliphatic rings. The van der Waals surface area contributed by atoms with Crippen LogP contribution in [0.1, 0.15) is 34.9 Å². The Morgan fingerprint density at radius 2 is 2.00 bits per heavy atom. The molecule has 1 fully saturated rings. The smallest absolute Gasteiger partial charge is 0.338 e. The summed E-state index contributed by atoms with van der Waals surface area (Å²) in [7, 11) is 0. The van der Waals surface area contributed by atoms with Gasteiger partial charge in [0, 0.05) is 25.2 Å². The summed E-state index contributed by atoms with van der Waals surface area (Å²) in [6.07, 6.45) is 2.87. The number of halogens is 1. The van der Waals surface area contributed by atoms with E-state index in [4.69, 9.17) is 11.6 Å². The van der Waals surface area contributed by atoms with Crippen molar-refractivity contribution < 1.29 is 4.79 Å². The molecule has 4 rings (SSSR count). The van der Waals surface area contributed by atoms with Gasteiger partial charge in [-0.15, -0.1) is 0 Å². The van der Waals surface area contributed by atoms with E-state index in [0.29, 0.717) is 29.6 Å². The van der Waals surface area contributed by atoms with Crippen molar-refractivity contribution in [1.82, 2.24) is 24.6 Å². The molecular weight excluding hydrogens is 382 g/mol. The van der Waals surface area contributed by atoms with Gasteiger partial charge >= 0.3 is 5.69 Å². The maximum absolute atomic E-state index is 12.9. The van der Waals surface area contributed by atoms with Gasteiger partial charge in [0.05, 0.1) is 10.7 Å². The molecule has 9 heteroatoms. The minimum atomic E-state index is -0.475. The number of rotatable bonds is 3. The fourth-order valence-corrected chi connectivity index (χ4v) is 3.73. The third-order valence-electron chi connectivity index (χ3n) is 4.88. The molecule has 1 aromatic carbocycles. The number of carbonyl (C=O) groups is 1. The zero-order valence-electron chi connectivity index (χ0n) is 14.9. The summed E-state index contributed by atoms with van der Waals surface area (Å²) in [4.78, 5) is 41.3. The van der Waals surface area contributed by atoms with Crippen molar-refractivity contribution in [3.05, 3.63) is 79.8 Å². The molecule has 1 saturated heterocycles. The number of benzene rings is 1. The van der Waals surface area contributed by atoms with Gasteiger partial charge in [-0.25, -0.2) is 14.5 Å². The van der Waals surface area contributed by atoms with Crippen molar-refractivity contribution in [2.24, 2.45) is 0 Å². The quantitative estimate of drug-likeness (QED) is 0.702. The zero-order valence-corrected chi connectivity index (χ0v) is 15.6. The molecule has 1 unspecified atom stereocenters. The lowest BCUT2D eigenvalue weighted by atomic mass is 9.96. The summed E-state index contributed by atoms with van der Waals surface area (Å²) in [6.45, 7) is 0.892. The Hall–Kier alpha value is -3.13. The van der Waals surface area contributed by atoms with Gasteiger partial charge in [-0.1, -0.05) is 29.8 Å². The van der Waals surface area contributed by atoms with Crippen LogP contribution >= 0.6 is 11.6 Å². The summed E-state index contributed by atoms with van der Waals surface area (Å²) in [5, 5.41) is 7.01. The Labute approximate surface area is 164 Å². The number of piperidine rings is 1. The second-order valence-corrected chi connectivity index (χ2v) is 7.15. The first kappa shape index (κ1) is 18.2. The first-order chi connectivity index (χ1) is 13.5. The molecular formula is C19H18ClN5O3. The number of nitrogens with one attached hydrogen (secondary N) is 2. The molecule has 1 atom stereocenters. The number of H-pyrrole nitrogens is 2. The average Bonchev–Trinajstić information content (AvgIpc) is 3.11. The van der Waals surface area contributed by atoms with Gasteiger partial charge < -0.3 is 9.88 Å². The number of hydrogen-bond acceptors (Lipinski definition) is 4. The predicted octanol–water partition coefficient (Wildman–Crippen LogP) is 1.92. The third-order valence-corrected chi connectivity index (χ3v) is 5.10. The van der Waals surface area contributed by atoms with Gasteiger partial charge in [0.1, 0.15) is 11.4 Å². The van der Waals surface area contributed by atoms with Gasteiger partial charge in [-0.2, -0.15) is 5.10 Å². The molecule has 2 aromatic heterocycles. The van der Waals surface area contributed by atoms with E-state index in [2.05, 4.69) is 15.2 Å². The van der Waals surface area contributed by atoms with Crippen LogP contribution in [0.5, 0.6) is 0 Å². The molecule has 144 valence electrons. The first-order valence-electron chi connectivity index (χ1n) is 8.95. The molecule has 3 heterocycles. The van der Waals surface area contributed by atoms with Crippen molar-refractivity contribution in [2.75, 3.05) is 13.1 Å². The van der Waals surface area contributed by atoms with Gasteiger partial charge in [-0.3, -0.25) is 9.59 Å². The van der Waals surface area contributed by atoms with Crippen LogP contribution in [-0.2, 0) is 0 Å². The second kappa shape index (κ2) is 7.47. The summed E-state index contributed by atoms with van der Waals surface area (Å²) in [5.74, 6) is 0.0708. The van der Waals surface area contributed by atoms with E-state index < -0.39 is 5.56 Å². The second-order valence-electron chi connectivity index (χ2n) is 6.71. The van der Waals surface area contributed by atoms with E-state index in [1.807, 2.05) is 30.3 Å². The number of likely N-dealkylation sites (tertiary alicyclic amines) is 1. The van der Waals surface area contributed by atoms with Gasteiger partial charge in [-0.05, 0) is 31.0 Å². The number of hydrogen-bond donors (Lipinski definition) is 2. The van der Waals surface area contributed by atoms with Crippen LogP contribution in [0.2, 0.25) is 5.02 Å². The first-order valence-corrected chi connectivity index (χ1v) is 9.32. The lowest BCUT2D eigenvalue weighted by Gasteiger charge is -2.32. The molecule has 8 nitrogen and oxygen atoms in total. The molecule has 0 bridgehead atoms. The van der Waals surface area contributed by atoms with Crippen molar-refractivity contribution >= 4 is 17.5 Å². The van der Waals surface area contributed by atoms with E-state index in [1.54, 1.807) is 4.90 Å². The molecule has 0 spiro atoms. The highest BCUT2D eigenvalue weighted by Gasteiger charge is 2.30. The third kappa shape index (κ3) is 3.38. The Balaban J connectivity index is 1.64. The maximum atomic E-state index is 12.9. The number of pyridine rings is 1. The van der Waals surface area contributed by atoms with E-state index in [0.717, 1.165) is 12.8 Å². The minimum absolute atomic E-state index is 0.00984. The SMILES string of the molecule is O=C(c1cc(Cl)c[nH]c1=O)N1CCCC(c2n[nH]c(=O)n2-c2ccccc2)C1. The molecule has 1 amide bonds. The highest BCUT2D eigenvalue weighted by molar-refractivity contribution is 6.30. The highest BCUT2D eigenvalue weighted by atomic mass is 35.5. The average molecular weight is 400 g/mol. The molecule has 0 saturated carbocycles. The van der Waals surface area contributed by atoms with Crippen LogP contribution < -0.4 is 11.2 Å². The predicted molar refractivity (Wildman–Crippen MR) is 104 cm³/mol. The van der Waals surface area contributed by atoms with Crippen molar-refractivity contribution in [3.63, 3.8) is 0 Å². The number of amides is 1. The Morgan fingerprint density at radius 1 is 1.21 bits per heavy atom. The van der Waals surface area contributed by atoms with E-state index in [1.165, 1.54) is 16.8 Å². The lowest BCUT2D eigenvalue weighted by Crippen LogP contribution is -2.41. The fourth-order valence-electron chi connectivity index (χ4n) is 3.57. The summed E-state index contributed by atoms with van der Waals surface area (Å²) >= 11 is 5.92. The largest absolute Gasteiger partial charge is 0.347 e. The van der Waals surface area contributed by atoms with Crippen molar-refractivity contribution in [1.29, 1.82) is 0 Å². The van der Waals surface area contributed by atoms with Crippen LogP contribution in [0.25, 0.3) is 5.69 Å². The maximum Gasteiger partial charge on any atom is 0.347 e. The molecule has 1 aliphatic heterocycles. The zero-order chi connectivity index (χ0) is 19.7. The number of aromatic amines is 2. The van der Waals surface area contributed by atoms with Gasteiger partial charge in [0.2, 0.25) is 0 Å². The number of nitrogens with zero attached hydrogens (tertiary/aromatic N) is 3. The number of aromatic nitrogens is 4. The molecule has 0 aliphatic carbocycles. The topological polar surface area (TPSA) is 104 Å². The van der Waals surface area contributed by atoms with Crippen LogP contribution in [0, 0.1) is 0 Å². The van der Waals surface area contributed by atoms with Crippen molar-refractivity contribution in [2.45, 2.75) is 18.8 Å². The molecule has 3 aromatic rings. The van der Waals surface area contributed by atoms with Gasteiger partial charge in [0.15, 0.2) is 0 Å². The normalized spacial score (nSPS) is 16.9. The number of carbonyl (C=O) groups excluding carboxylic acids is 1. The van der Waals surface area contributed by atoms with E-state index in [-0.39, 0.29) is 23.1 Å². The van der Waals surface area contributed by atoms with Crippen molar-refractivity contribution in [3.8, 4) is 5.69 Å². The monoisotopic (exact) mass is 399 g/mol. The fraction of sp³-hybridized carbons (Fsp3) is 0.263. The lowest BCUT2D eigenvalue weighted by molar-refractivity contribution is 0.0702. The molecule has 0 radical (unpaired) electrons. The Bertz CT molecular complexity index is 1120. The summed E-state index contributed by atoms with van der Waals surface area (Å²) < 4.78 is 1.53. The van der Waals surface area contributed by atoms with Crippen LogP contribution in [0.15, 0.2) is 52.2 Å². The number of para-hydroxylation sites is 1. The standard InChI is InChI=1S/C19H18ClN5O3/c20-13-9-15(17(26)21-10-13)18(27)24-8-4-5-12(11-24)16-22-23-19(28)25(16)14-6-2-1-3-7-14/h1-3,6-7,9-10,12H,4-5,8,11H2,(H,21,26)(H,23,28). The van der Waals surface area contributed by atoms with Gasteiger partial charge in [0.25, 0.3) is 11.5 Å².